The molecule has 0 bridgehead atoms. The molecule has 0 amide bonds. The highest BCUT2D eigenvalue weighted by molar-refractivity contribution is 7.91. The molecule has 0 spiro atoms. The van der Waals surface area contributed by atoms with Crippen molar-refractivity contribution >= 4 is 9.84 Å². The van der Waals surface area contributed by atoms with Gasteiger partial charge in [0.05, 0.1) is 17.5 Å². The van der Waals surface area contributed by atoms with Gasteiger partial charge in [-0.1, -0.05) is 0 Å². The Morgan fingerprint density at radius 3 is 2.35 bits per heavy atom. The number of hydrogen-bond acceptors (Lipinski definition) is 4. The molecule has 0 heterocycles. The highest BCUT2D eigenvalue weighted by atomic mass is 32.2. The minimum atomic E-state index is -2.91. The van der Waals surface area contributed by atoms with Gasteiger partial charge < -0.3 is 10.5 Å². The second-order valence-electron chi connectivity index (χ2n) is 5.57. The molecule has 0 radical (unpaired) electrons. The second-order valence-corrected chi connectivity index (χ2v) is 7.90. The fourth-order valence-corrected chi connectivity index (χ4v) is 4.14. The summed E-state index contributed by atoms with van der Waals surface area (Å²) < 4.78 is 29.1. The number of sulfone groups is 1. The van der Waals surface area contributed by atoms with E-state index in [1.165, 1.54) is 6.26 Å². The van der Waals surface area contributed by atoms with Gasteiger partial charge in [0.2, 0.25) is 0 Å². The zero-order chi connectivity index (χ0) is 12.5. The van der Waals surface area contributed by atoms with Gasteiger partial charge in [-0.3, -0.25) is 0 Å². The molecule has 2 fully saturated rings. The Labute approximate surface area is 104 Å². The number of rotatable bonds is 3. The van der Waals surface area contributed by atoms with Crippen LogP contribution in [-0.2, 0) is 14.6 Å². The summed E-state index contributed by atoms with van der Waals surface area (Å²) in [4.78, 5) is 0. The maximum absolute atomic E-state index is 11.5. The molecule has 0 saturated heterocycles. The summed E-state index contributed by atoms with van der Waals surface area (Å²) in [6.45, 7) is 0. The lowest BCUT2D eigenvalue weighted by molar-refractivity contribution is -0.0256. The molecule has 5 heteroatoms. The van der Waals surface area contributed by atoms with Crippen LogP contribution < -0.4 is 5.73 Å². The molecule has 0 aromatic rings. The first-order chi connectivity index (χ1) is 7.95. The maximum atomic E-state index is 11.5. The molecule has 0 aromatic heterocycles. The van der Waals surface area contributed by atoms with E-state index in [1.807, 2.05) is 0 Å². The van der Waals surface area contributed by atoms with Crippen LogP contribution in [0, 0.1) is 0 Å². The summed E-state index contributed by atoms with van der Waals surface area (Å²) in [5.74, 6) is 0. The molecular formula is C12H23NO3S. The molecule has 2 aliphatic rings. The maximum Gasteiger partial charge on any atom is 0.150 e. The van der Waals surface area contributed by atoms with Gasteiger partial charge in [0, 0.05) is 12.3 Å². The lowest BCUT2D eigenvalue weighted by Gasteiger charge is -2.30. The third-order valence-electron chi connectivity index (χ3n) is 3.99. The van der Waals surface area contributed by atoms with E-state index < -0.39 is 9.84 Å². The molecule has 2 N–H and O–H groups in total. The highest BCUT2D eigenvalue weighted by Crippen LogP contribution is 2.30. The van der Waals surface area contributed by atoms with Crippen molar-refractivity contribution in [1.82, 2.24) is 0 Å². The van der Waals surface area contributed by atoms with Crippen molar-refractivity contribution in [1.29, 1.82) is 0 Å². The van der Waals surface area contributed by atoms with Crippen LogP contribution in [-0.4, -0.2) is 38.2 Å². The van der Waals surface area contributed by atoms with E-state index in [0.29, 0.717) is 6.42 Å². The third kappa shape index (κ3) is 3.66. The fourth-order valence-electron chi connectivity index (χ4n) is 2.98. The average Bonchev–Trinajstić information content (AvgIpc) is 2.63. The van der Waals surface area contributed by atoms with Gasteiger partial charge in [-0.25, -0.2) is 8.42 Å². The predicted octanol–water partition coefficient (Wildman–Crippen LogP) is 1.24. The molecule has 0 aliphatic heterocycles. The summed E-state index contributed by atoms with van der Waals surface area (Å²) in [5.41, 5.74) is 5.85. The summed E-state index contributed by atoms with van der Waals surface area (Å²) in [5, 5.41) is -0.198. The van der Waals surface area contributed by atoms with Crippen molar-refractivity contribution in [2.45, 2.75) is 68.4 Å². The summed E-state index contributed by atoms with van der Waals surface area (Å²) in [6.07, 6.45) is 8.14. The molecule has 17 heavy (non-hydrogen) atoms. The predicted molar refractivity (Wildman–Crippen MR) is 67.6 cm³/mol. The molecule has 0 aromatic carbocycles. The molecule has 2 saturated carbocycles. The van der Waals surface area contributed by atoms with Gasteiger partial charge in [-0.15, -0.1) is 0 Å². The first-order valence-corrected chi connectivity index (χ1v) is 8.50. The lowest BCUT2D eigenvalue weighted by atomic mass is 9.97. The monoisotopic (exact) mass is 261 g/mol. The van der Waals surface area contributed by atoms with E-state index in [0.717, 1.165) is 38.5 Å². The molecule has 2 aliphatic carbocycles. The summed E-state index contributed by atoms with van der Waals surface area (Å²) >= 11 is 0. The molecule has 4 atom stereocenters. The van der Waals surface area contributed by atoms with Crippen LogP contribution >= 0.6 is 0 Å². The average molecular weight is 261 g/mol. The van der Waals surface area contributed by atoms with E-state index in [-0.39, 0.29) is 23.5 Å². The topological polar surface area (TPSA) is 69.4 Å². The van der Waals surface area contributed by atoms with Crippen LogP contribution in [0.4, 0.5) is 0 Å². The van der Waals surface area contributed by atoms with E-state index in [9.17, 15) is 8.42 Å². The summed E-state index contributed by atoms with van der Waals surface area (Å²) in [6, 6.07) is 0.272. The minimum absolute atomic E-state index is 0.124. The number of hydrogen-bond donors (Lipinski definition) is 1. The number of ether oxygens (including phenoxy) is 1. The van der Waals surface area contributed by atoms with E-state index >= 15 is 0 Å². The Bertz CT molecular complexity index is 355. The largest absolute Gasteiger partial charge is 0.375 e. The van der Waals surface area contributed by atoms with Gasteiger partial charge in [0.1, 0.15) is 9.84 Å². The van der Waals surface area contributed by atoms with Crippen molar-refractivity contribution in [3.63, 3.8) is 0 Å². The van der Waals surface area contributed by atoms with Crippen molar-refractivity contribution in [2.24, 2.45) is 5.73 Å². The SMILES string of the molecule is CS(=O)(=O)C1CCCC(OC2CCC(N)C2)C1. The van der Waals surface area contributed by atoms with E-state index in [1.54, 1.807) is 0 Å². The van der Waals surface area contributed by atoms with E-state index in [2.05, 4.69) is 0 Å². The van der Waals surface area contributed by atoms with Crippen molar-refractivity contribution in [2.75, 3.05) is 6.26 Å². The van der Waals surface area contributed by atoms with Crippen molar-refractivity contribution in [3.8, 4) is 0 Å². The molecule has 4 nitrogen and oxygen atoms in total. The van der Waals surface area contributed by atoms with Crippen molar-refractivity contribution < 1.29 is 13.2 Å². The first kappa shape index (κ1) is 13.3. The highest BCUT2D eigenvalue weighted by Gasteiger charge is 2.32. The Balaban J connectivity index is 1.85. The Kier molecular flexibility index (Phi) is 4.10. The van der Waals surface area contributed by atoms with Gasteiger partial charge >= 0.3 is 0 Å². The Morgan fingerprint density at radius 1 is 1.06 bits per heavy atom. The molecular weight excluding hydrogens is 238 g/mol. The smallest absolute Gasteiger partial charge is 0.150 e. The Morgan fingerprint density at radius 2 is 1.76 bits per heavy atom. The van der Waals surface area contributed by atoms with Gasteiger partial charge in [-0.2, -0.15) is 0 Å². The van der Waals surface area contributed by atoms with Crippen molar-refractivity contribution in [3.05, 3.63) is 0 Å². The lowest BCUT2D eigenvalue weighted by Crippen LogP contribution is -2.33. The standard InChI is InChI=1S/C12H23NO3S/c1-17(14,15)12-4-2-3-10(8-12)16-11-6-5-9(13)7-11/h9-12H,2-8,13H2,1H3. The quantitative estimate of drug-likeness (QED) is 0.830. The zero-order valence-electron chi connectivity index (χ0n) is 10.5. The van der Waals surface area contributed by atoms with Gasteiger partial charge in [0.15, 0.2) is 0 Å². The second kappa shape index (κ2) is 5.24. The van der Waals surface area contributed by atoms with Crippen LogP contribution in [0.5, 0.6) is 0 Å². The normalized spacial score (nSPS) is 39.4. The van der Waals surface area contributed by atoms with Gasteiger partial charge in [-0.05, 0) is 44.9 Å². The molecule has 2 rings (SSSR count). The number of nitrogens with two attached hydrogens (primary N) is 1. The summed E-state index contributed by atoms with van der Waals surface area (Å²) in [7, 11) is -2.91. The molecule has 100 valence electrons. The fraction of sp³-hybridized carbons (Fsp3) is 1.00. The molecule has 4 unspecified atom stereocenters. The van der Waals surface area contributed by atoms with Crippen LogP contribution in [0.3, 0.4) is 0 Å². The Hall–Kier alpha value is -0.130. The van der Waals surface area contributed by atoms with E-state index in [4.69, 9.17) is 10.5 Å². The van der Waals surface area contributed by atoms with Crippen LogP contribution in [0.25, 0.3) is 0 Å². The van der Waals surface area contributed by atoms with Crippen LogP contribution in [0.1, 0.15) is 44.9 Å². The van der Waals surface area contributed by atoms with Crippen LogP contribution in [0.2, 0.25) is 0 Å². The first-order valence-electron chi connectivity index (χ1n) is 6.55. The zero-order valence-corrected chi connectivity index (χ0v) is 11.3. The van der Waals surface area contributed by atoms with Crippen LogP contribution in [0.15, 0.2) is 0 Å². The van der Waals surface area contributed by atoms with Gasteiger partial charge in [0.25, 0.3) is 0 Å². The third-order valence-corrected chi connectivity index (χ3v) is 5.63. The minimum Gasteiger partial charge on any atom is -0.375 e.